The number of nitrogens with zero attached hydrogens (tertiary/aromatic N) is 1. The molecule has 0 atom stereocenters. The third-order valence-electron chi connectivity index (χ3n) is 0.503. The van der Waals surface area contributed by atoms with Crippen LogP contribution in [0.4, 0.5) is 0 Å². The van der Waals surface area contributed by atoms with E-state index in [1.165, 1.54) is 7.11 Å². The fraction of sp³-hybridized carbons (Fsp3) is 1.00. The lowest BCUT2D eigenvalue weighted by Crippen LogP contribution is -2.48. The highest BCUT2D eigenvalue weighted by atomic mass is 16.7. The van der Waals surface area contributed by atoms with E-state index in [2.05, 4.69) is 15.8 Å². The van der Waals surface area contributed by atoms with E-state index >= 15 is 0 Å². The molecule has 0 aliphatic carbocycles. The Kier molecular flexibility index (Phi) is 3.86. The Morgan fingerprint density at radius 3 is 2.29 bits per heavy atom. The molecule has 0 heterocycles. The summed E-state index contributed by atoms with van der Waals surface area (Å²) in [6.45, 7) is 0. The summed E-state index contributed by atoms with van der Waals surface area (Å²) in [7, 11) is 3.15. The standard InChI is InChI=1S/C2H10N4O/c1-4-6(5-3)7-2/h4-5H,3H2,1-2H3. The molecule has 5 heteroatoms. The van der Waals surface area contributed by atoms with Crippen molar-refractivity contribution in [2.75, 3.05) is 14.2 Å². The third kappa shape index (κ3) is 2.49. The Morgan fingerprint density at radius 1 is 1.71 bits per heavy atom. The summed E-state index contributed by atoms with van der Waals surface area (Å²) >= 11 is 0. The van der Waals surface area contributed by atoms with Crippen molar-refractivity contribution < 1.29 is 4.84 Å². The van der Waals surface area contributed by atoms with Gasteiger partial charge in [0, 0.05) is 7.05 Å². The highest BCUT2D eigenvalue weighted by molar-refractivity contribution is 4.03. The monoisotopic (exact) mass is 106 g/mol. The van der Waals surface area contributed by atoms with Crippen molar-refractivity contribution in [3.8, 4) is 0 Å². The summed E-state index contributed by atoms with van der Waals surface area (Å²) in [5.74, 6) is 4.88. The van der Waals surface area contributed by atoms with Gasteiger partial charge >= 0.3 is 0 Å². The Bertz CT molecular complexity index is 31.2. The lowest BCUT2D eigenvalue weighted by molar-refractivity contribution is -0.205. The maximum absolute atomic E-state index is 4.88. The van der Waals surface area contributed by atoms with E-state index in [1.807, 2.05) is 0 Å². The third-order valence-corrected chi connectivity index (χ3v) is 0.503. The maximum Gasteiger partial charge on any atom is 0.0607 e. The van der Waals surface area contributed by atoms with E-state index in [-0.39, 0.29) is 0 Å². The van der Waals surface area contributed by atoms with Crippen molar-refractivity contribution in [2.24, 2.45) is 5.84 Å². The largest absolute Gasteiger partial charge is 0.272 e. The van der Waals surface area contributed by atoms with Gasteiger partial charge in [-0.1, -0.05) is 0 Å². The molecule has 0 rings (SSSR count). The minimum atomic E-state index is 1.15. The van der Waals surface area contributed by atoms with Crippen molar-refractivity contribution >= 4 is 0 Å². The van der Waals surface area contributed by atoms with Crippen LogP contribution in [0.1, 0.15) is 0 Å². The minimum Gasteiger partial charge on any atom is -0.272 e. The van der Waals surface area contributed by atoms with Gasteiger partial charge in [0.25, 0.3) is 0 Å². The molecule has 0 aliphatic rings. The van der Waals surface area contributed by atoms with Gasteiger partial charge in [-0.2, -0.15) is 5.53 Å². The molecule has 4 N–H and O–H groups in total. The maximum atomic E-state index is 4.88. The molecule has 0 aromatic rings. The van der Waals surface area contributed by atoms with Gasteiger partial charge in [-0.05, 0) is 5.28 Å². The first-order valence-electron chi connectivity index (χ1n) is 1.83. The first kappa shape index (κ1) is 6.80. The molecule has 0 aromatic heterocycles. The fourth-order valence-electron chi connectivity index (χ4n) is 0.209. The number of nitrogens with one attached hydrogen (secondary N) is 2. The number of rotatable bonds is 3. The van der Waals surface area contributed by atoms with Gasteiger partial charge in [0.1, 0.15) is 0 Å². The summed E-state index contributed by atoms with van der Waals surface area (Å²) in [4.78, 5) is 4.53. The van der Waals surface area contributed by atoms with Gasteiger partial charge in [-0.25, -0.2) is 5.43 Å². The molecule has 44 valence electrons. The predicted octanol–water partition coefficient (Wildman–Crippen LogP) is -1.64. The predicted molar refractivity (Wildman–Crippen MR) is 25.2 cm³/mol. The average molecular weight is 106 g/mol. The Balaban J connectivity index is 2.99. The van der Waals surface area contributed by atoms with Crippen molar-refractivity contribution in [1.29, 1.82) is 0 Å². The van der Waals surface area contributed by atoms with Crippen LogP contribution >= 0.6 is 0 Å². The highest BCUT2D eigenvalue weighted by Gasteiger charge is 1.88. The molecule has 0 saturated carbocycles. The Hall–Kier alpha value is -0.200. The van der Waals surface area contributed by atoms with Crippen LogP contribution < -0.4 is 16.8 Å². The molecule has 5 nitrogen and oxygen atoms in total. The summed E-state index contributed by atoms with van der Waals surface area (Å²) in [6, 6.07) is 0. The molecule has 0 spiro atoms. The van der Waals surface area contributed by atoms with E-state index in [9.17, 15) is 0 Å². The van der Waals surface area contributed by atoms with Gasteiger partial charge in [0.15, 0.2) is 0 Å². The van der Waals surface area contributed by atoms with E-state index in [0.717, 1.165) is 5.28 Å². The van der Waals surface area contributed by atoms with Crippen LogP contribution in [-0.4, -0.2) is 19.4 Å². The van der Waals surface area contributed by atoms with Crippen molar-refractivity contribution in [3.63, 3.8) is 0 Å². The van der Waals surface area contributed by atoms with Crippen molar-refractivity contribution in [2.45, 2.75) is 0 Å². The molecule has 0 saturated heterocycles. The van der Waals surface area contributed by atoms with Crippen LogP contribution in [0.15, 0.2) is 0 Å². The summed E-state index contributed by atoms with van der Waals surface area (Å²) < 4.78 is 0. The second kappa shape index (κ2) is 3.97. The molecular weight excluding hydrogens is 96.0 g/mol. The number of hydrogen-bond acceptors (Lipinski definition) is 5. The zero-order valence-corrected chi connectivity index (χ0v) is 4.43. The first-order valence-corrected chi connectivity index (χ1v) is 1.83. The Morgan fingerprint density at radius 2 is 2.29 bits per heavy atom. The normalized spacial score (nSPS) is 10.3. The highest BCUT2D eigenvalue weighted by Crippen LogP contribution is 1.63. The smallest absolute Gasteiger partial charge is 0.0607 e. The lowest BCUT2D eigenvalue weighted by atomic mass is 11.5. The zero-order chi connectivity index (χ0) is 5.70. The van der Waals surface area contributed by atoms with Crippen LogP contribution in [0.5, 0.6) is 0 Å². The molecule has 0 aromatic carbocycles. The van der Waals surface area contributed by atoms with Crippen LogP contribution in [0.2, 0.25) is 0 Å². The van der Waals surface area contributed by atoms with Gasteiger partial charge in [0.05, 0.1) is 7.11 Å². The molecular formula is C2H10N4O. The summed E-state index contributed by atoms with van der Waals surface area (Å²) in [6.07, 6.45) is 0. The van der Waals surface area contributed by atoms with Gasteiger partial charge in [-0.15, -0.1) is 0 Å². The number of hydrazine groups is 3. The van der Waals surface area contributed by atoms with Crippen LogP contribution in [0.3, 0.4) is 0 Å². The van der Waals surface area contributed by atoms with E-state index in [0.29, 0.717) is 0 Å². The SMILES string of the molecule is CNN(NN)OC. The van der Waals surface area contributed by atoms with Crippen molar-refractivity contribution in [3.05, 3.63) is 0 Å². The molecule has 7 heavy (non-hydrogen) atoms. The number of nitrogens with two attached hydrogens (primary N) is 1. The second-order valence-corrected chi connectivity index (χ2v) is 0.830. The van der Waals surface area contributed by atoms with Crippen LogP contribution in [0, 0.1) is 0 Å². The summed E-state index contributed by atoms with van der Waals surface area (Å²) in [5, 5.41) is 1.15. The molecule has 0 aliphatic heterocycles. The molecule has 0 unspecified atom stereocenters. The lowest BCUT2D eigenvalue weighted by Gasteiger charge is -2.13. The van der Waals surface area contributed by atoms with Crippen LogP contribution in [0.25, 0.3) is 0 Å². The van der Waals surface area contributed by atoms with Gasteiger partial charge in [-0.3, -0.25) is 10.7 Å². The Labute approximate surface area is 42.3 Å². The van der Waals surface area contributed by atoms with Gasteiger partial charge in [0.2, 0.25) is 0 Å². The summed E-state index contributed by atoms with van der Waals surface area (Å²) in [5.41, 5.74) is 4.78. The van der Waals surface area contributed by atoms with Crippen LogP contribution in [-0.2, 0) is 4.84 Å². The second-order valence-electron chi connectivity index (χ2n) is 0.830. The van der Waals surface area contributed by atoms with E-state index in [1.54, 1.807) is 7.05 Å². The first-order chi connectivity index (χ1) is 3.35. The zero-order valence-electron chi connectivity index (χ0n) is 4.43. The quantitative estimate of drug-likeness (QED) is 0.297. The minimum absolute atomic E-state index is 1.15. The fourth-order valence-corrected chi connectivity index (χ4v) is 0.209. The molecule has 0 radical (unpaired) electrons. The van der Waals surface area contributed by atoms with Crippen molar-refractivity contribution in [1.82, 2.24) is 16.2 Å². The average Bonchev–Trinajstić information content (AvgIpc) is 1.72. The van der Waals surface area contributed by atoms with E-state index in [4.69, 9.17) is 5.84 Å². The van der Waals surface area contributed by atoms with E-state index < -0.39 is 0 Å². The topological polar surface area (TPSA) is 62.5 Å². The molecule has 0 amide bonds. The van der Waals surface area contributed by atoms with Gasteiger partial charge < -0.3 is 0 Å². The number of hydrogen-bond donors (Lipinski definition) is 3. The molecule has 0 bridgehead atoms. The molecule has 0 fully saturated rings.